The van der Waals surface area contributed by atoms with E-state index in [2.05, 4.69) is 4.98 Å². The predicted molar refractivity (Wildman–Crippen MR) is 72.1 cm³/mol. The van der Waals surface area contributed by atoms with Gasteiger partial charge in [-0.05, 0) is 31.2 Å². The summed E-state index contributed by atoms with van der Waals surface area (Å²) in [6.07, 6.45) is 1.55. The molecule has 0 aliphatic rings. The zero-order valence-corrected chi connectivity index (χ0v) is 11.8. The number of carbonyl (C=O) groups excluding carboxylic acids is 1. The molecule has 0 spiro atoms. The molecule has 0 saturated heterocycles. The van der Waals surface area contributed by atoms with Gasteiger partial charge in [-0.25, -0.2) is 4.79 Å². The Morgan fingerprint density at radius 1 is 1.56 bits per heavy atom. The van der Waals surface area contributed by atoms with Crippen molar-refractivity contribution < 1.29 is 19.7 Å². The number of aromatic hydroxyl groups is 1. The minimum Gasteiger partial charge on any atom is -0.506 e. The smallest absolute Gasteiger partial charge is 0.367 e. The van der Waals surface area contributed by atoms with Crippen molar-refractivity contribution in [2.24, 2.45) is 0 Å². The highest BCUT2D eigenvalue weighted by Crippen LogP contribution is 2.26. The van der Waals surface area contributed by atoms with E-state index in [1.54, 1.807) is 20.0 Å². The second-order valence-corrected chi connectivity index (χ2v) is 4.24. The van der Waals surface area contributed by atoms with Crippen LogP contribution in [-0.2, 0) is 17.1 Å². The minimum atomic E-state index is -0.378. The summed E-state index contributed by atoms with van der Waals surface area (Å²) in [7, 11) is 0. The van der Waals surface area contributed by atoms with Crippen molar-refractivity contribution in [3.63, 3.8) is 0 Å². The third kappa shape index (κ3) is 4.36. The van der Waals surface area contributed by atoms with Crippen molar-refractivity contribution in [3.8, 4) is 5.75 Å². The summed E-state index contributed by atoms with van der Waals surface area (Å²) in [5, 5.41) is 18.5. The first-order valence-corrected chi connectivity index (χ1v) is 6.15. The standard InChI is InChI=1S/C11H15NO4S.ClH/c1-3-16-11(15)17-6-8-4-12-7(2)10(14)9(8)5-13;/h4,13-14H,3,5-6H2,1-2H3;1H. The van der Waals surface area contributed by atoms with Crippen LogP contribution in [-0.4, -0.2) is 27.1 Å². The highest BCUT2D eigenvalue weighted by atomic mass is 35.5. The fourth-order valence-electron chi connectivity index (χ4n) is 1.28. The Bertz CT molecular complexity index is 414. The number of nitrogens with zero attached hydrogens (tertiary/aromatic N) is 1. The quantitative estimate of drug-likeness (QED) is 0.830. The van der Waals surface area contributed by atoms with Crippen LogP contribution in [0.5, 0.6) is 5.75 Å². The van der Waals surface area contributed by atoms with Gasteiger partial charge in [-0.3, -0.25) is 4.98 Å². The summed E-state index contributed by atoms with van der Waals surface area (Å²) in [6, 6.07) is 0. The molecule has 5 nitrogen and oxygen atoms in total. The second-order valence-electron chi connectivity index (χ2n) is 3.33. The number of pyridine rings is 1. The largest absolute Gasteiger partial charge is 0.506 e. The average molecular weight is 294 g/mol. The third-order valence-electron chi connectivity index (χ3n) is 2.20. The van der Waals surface area contributed by atoms with E-state index < -0.39 is 0 Å². The first-order chi connectivity index (χ1) is 8.10. The summed E-state index contributed by atoms with van der Waals surface area (Å²) in [4.78, 5) is 15.1. The number of rotatable bonds is 4. The number of hydrogen-bond donors (Lipinski definition) is 2. The van der Waals surface area contributed by atoms with Crippen molar-refractivity contribution >= 4 is 29.5 Å². The van der Waals surface area contributed by atoms with Gasteiger partial charge >= 0.3 is 5.30 Å². The number of halogens is 1. The van der Waals surface area contributed by atoms with E-state index in [1.807, 2.05) is 0 Å². The lowest BCUT2D eigenvalue weighted by molar-refractivity contribution is 0.181. The monoisotopic (exact) mass is 293 g/mol. The molecule has 18 heavy (non-hydrogen) atoms. The molecule has 1 heterocycles. The zero-order chi connectivity index (χ0) is 12.8. The molecular formula is C11H16ClNO4S. The van der Waals surface area contributed by atoms with Gasteiger partial charge in [0.1, 0.15) is 5.75 Å². The maximum atomic E-state index is 11.2. The molecule has 0 bridgehead atoms. The Morgan fingerprint density at radius 2 is 2.22 bits per heavy atom. The van der Waals surface area contributed by atoms with Crippen molar-refractivity contribution in [1.82, 2.24) is 4.98 Å². The van der Waals surface area contributed by atoms with E-state index in [1.165, 1.54) is 0 Å². The van der Waals surface area contributed by atoms with Crippen molar-refractivity contribution in [1.29, 1.82) is 0 Å². The van der Waals surface area contributed by atoms with Gasteiger partial charge in [0.05, 0.1) is 18.9 Å². The maximum Gasteiger partial charge on any atom is 0.367 e. The van der Waals surface area contributed by atoms with Gasteiger partial charge in [0, 0.05) is 17.5 Å². The van der Waals surface area contributed by atoms with E-state index in [4.69, 9.17) is 4.74 Å². The van der Waals surface area contributed by atoms with E-state index in [0.29, 0.717) is 29.2 Å². The topological polar surface area (TPSA) is 79.7 Å². The molecule has 1 aromatic heterocycles. The molecule has 1 aromatic rings. The Balaban J connectivity index is 0.00000289. The van der Waals surface area contributed by atoms with Gasteiger partial charge in [0.2, 0.25) is 0 Å². The average Bonchev–Trinajstić information content (AvgIpc) is 2.31. The van der Waals surface area contributed by atoms with Gasteiger partial charge in [-0.15, -0.1) is 12.4 Å². The number of aryl methyl sites for hydroxylation is 1. The SMILES string of the molecule is CCOC(=O)SCc1cnc(C)c(O)c1CO.Cl. The number of carbonyl (C=O) groups is 1. The van der Waals surface area contributed by atoms with E-state index in [9.17, 15) is 15.0 Å². The summed E-state index contributed by atoms with van der Waals surface area (Å²) in [6.45, 7) is 3.43. The molecule has 0 amide bonds. The molecule has 0 saturated carbocycles. The number of aliphatic hydroxyl groups excluding tert-OH is 1. The second kappa shape index (κ2) is 8.18. The number of ether oxygens (including phenoxy) is 1. The molecule has 0 fully saturated rings. The van der Waals surface area contributed by atoms with E-state index >= 15 is 0 Å². The molecule has 0 unspecified atom stereocenters. The van der Waals surface area contributed by atoms with Crippen molar-refractivity contribution in [3.05, 3.63) is 23.0 Å². The van der Waals surface area contributed by atoms with Crippen LogP contribution in [0.4, 0.5) is 4.79 Å². The van der Waals surface area contributed by atoms with E-state index in [-0.39, 0.29) is 30.1 Å². The maximum absolute atomic E-state index is 11.2. The van der Waals surface area contributed by atoms with Gasteiger partial charge in [-0.2, -0.15) is 0 Å². The first-order valence-electron chi connectivity index (χ1n) is 5.16. The van der Waals surface area contributed by atoms with Gasteiger partial charge in [-0.1, -0.05) is 0 Å². The van der Waals surface area contributed by atoms with Gasteiger partial charge < -0.3 is 14.9 Å². The number of aliphatic hydroxyl groups is 1. The number of aromatic nitrogens is 1. The molecule has 0 aliphatic heterocycles. The Hall–Kier alpha value is -0.980. The predicted octanol–water partition coefficient (Wildman–Crippen LogP) is 2.40. The minimum absolute atomic E-state index is 0. The highest BCUT2D eigenvalue weighted by Gasteiger charge is 2.12. The van der Waals surface area contributed by atoms with Crippen LogP contribution in [0.15, 0.2) is 6.20 Å². The summed E-state index contributed by atoms with van der Waals surface area (Å²) in [5.74, 6) is 0.296. The summed E-state index contributed by atoms with van der Waals surface area (Å²) >= 11 is 0.975. The summed E-state index contributed by atoms with van der Waals surface area (Å²) < 4.78 is 4.77. The van der Waals surface area contributed by atoms with Crippen LogP contribution in [0.25, 0.3) is 0 Å². The molecule has 0 aliphatic carbocycles. The van der Waals surface area contributed by atoms with Crippen LogP contribution < -0.4 is 0 Å². The lowest BCUT2D eigenvalue weighted by Crippen LogP contribution is -2.01. The number of hydrogen-bond acceptors (Lipinski definition) is 6. The Morgan fingerprint density at radius 3 is 2.78 bits per heavy atom. The first kappa shape index (κ1) is 17.0. The molecule has 2 N–H and O–H groups in total. The fourth-order valence-corrected chi connectivity index (χ4v) is 2.00. The molecular weight excluding hydrogens is 278 g/mol. The molecule has 102 valence electrons. The molecule has 0 radical (unpaired) electrons. The molecule has 1 rings (SSSR count). The third-order valence-corrected chi connectivity index (χ3v) is 3.00. The summed E-state index contributed by atoms with van der Waals surface area (Å²) in [5.41, 5.74) is 1.50. The van der Waals surface area contributed by atoms with Gasteiger partial charge in [0.25, 0.3) is 0 Å². The molecule has 0 aromatic carbocycles. The zero-order valence-electron chi connectivity index (χ0n) is 10.2. The van der Waals surface area contributed by atoms with Crippen LogP contribution in [0.2, 0.25) is 0 Å². The Kier molecular flexibility index (Phi) is 7.73. The van der Waals surface area contributed by atoms with E-state index in [0.717, 1.165) is 11.8 Å². The molecule has 7 heteroatoms. The molecule has 0 atom stereocenters. The van der Waals surface area contributed by atoms with Crippen LogP contribution in [0, 0.1) is 6.92 Å². The Labute approximate surface area is 116 Å². The highest BCUT2D eigenvalue weighted by molar-refractivity contribution is 8.12. The van der Waals surface area contributed by atoms with Crippen molar-refractivity contribution in [2.75, 3.05) is 6.61 Å². The number of thioether (sulfide) groups is 1. The van der Waals surface area contributed by atoms with Crippen LogP contribution >= 0.6 is 24.2 Å². The normalized spacial score (nSPS) is 9.72. The fraction of sp³-hybridized carbons (Fsp3) is 0.455. The lowest BCUT2D eigenvalue weighted by Gasteiger charge is -2.10. The van der Waals surface area contributed by atoms with Crippen LogP contribution in [0.1, 0.15) is 23.7 Å². The lowest BCUT2D eigenvalue weighted by atomic mass is 10.1. The van der Waals surface area contributed by atoms with Gasteiger partial charge in [0.15, 0.2) is 0 Å². The van der Waals surface area contributed by atoms with Crippen molar-refractivity contribution in [2.45, 2.75) is 26.2 Å². The van der Waals surface area contributed by atoms with Crippen LogP contribution in [0.3, 0.4) is 0 Å².